The first-order valence-corrected chi connectivity index (χ1v) is 9.75. The van der Waals surface area contributed by atoms with Crippen LogP contribution < -0.4 is 5.32 Å². The lowest BCUT2D eigenvalue weighted by Gasteiger charge is -2.13. The lowest BCUT2D eigenvalue weighted by atomic mass is 10.1. The third kappa shape index (κ3) is 2.83. The number of hydrogen-bond donors (Lipinski definition) is 1. The Kier molecular flexibility index (Phi) is 4.24. The first-order valence-electron chi connectivity index (χ1n) is 7.80. The maximum Gasteiger partial charge on any atom is 0.196 e. The van der Waals surface area contributed by atoms with Crippen LogP contribution in [0.25, 0.3) is 16.2 Å². The Bertz CT molecular complexity index is 1060. The van der Waals surface area contributed by atoms with E-state index in [4.69, 9.17) is 4.98 Å². The highest BCUT2D eigenvalue weighted by Gasteiger charge is 2.20. The lowest BCUT2D eigenvalue weighted by Crippen LogP contribution is -2.01. The van der Waals surface area contributed by atoms with Crippen molar-refractivity contribution in [3.63, 3.8) is 0 Å². The fourth-order valence-corrected chi connectivity index (χ4v) is 4.50. The van der Waals surface area contributed by atoms with Crippen LogP contribution in [-0.2, 0) is 0 Å². The summed E-state index contributed by atoms with van der Waals surface area (Å²) in [4.78, 5) is 5.55. The van der Waals surface area contributed by atoms with E-state index in [1.807, 2.05) is 19.1 Å². The summed E-state index contributed by atoms with van der Waals surface area (Å²) in [5, 5.41) is 5.57. The molecule has 3 nitrogen and oxygen atoms in total. The van der Waals surface area contributed by atoms with Gasteiger partial charge in [0.1, 0.15) is 17.3 Å². The van der Waals surface area contributed by atoms with Gasteiger partial charge in [0.05, 0.1) is 5.69 Å². The highest BCUT2D eigenvalue weighted by atomic mass is 127. The van der Waals surface area contributed by atoms with Gasteiger partial charge in [-0.05, 0) is 60.2 Å². The number of aryl methyl sites for hydroxylation is 2. The summed E-state index contributed by atoms with van der Waals surface area (Å²) in [6.07, 6.45) is 0. The molecule has 2 aromatic heterocycles. The number of benzene rings is 2. The number of nitrogens with zero attached hydrogens (tertiary/aromatic N) is 2. The summed E-state index contributed by atoms with van der Waals surface area (Å²) in [5.74, 6) is 0.527. The van der Waals surface area contributed by atoms with Crippen molar-refractivity contribution < 1.29 is 4.39 Å². The van der Waals surface area contributed by atoms with Crippen LogP contribution in [0.3, 0.4) is 0 Å². The predicted octanol–water partition coefficient (Wildman–Crippen LogP) is 6.17. The summed E-state index contributed by atoms with van der Waals surface area (Å²) in [5.41, 5.74) is 4.36. The minimum atomic E-state index is -0.270. The molecule has 0 radical (unpaired) electrons. The molecular formula is C19H15FIN3S. The van der Waals surface area contributed by atoms with E-state index in [0.717, 1.165) is 31.3 Å². The molecule has 0 fully saturated rings. The second-order valence-electron chi connectivity index (χ2n) is 5.84. The highest BCUT2D eigenvalue weighted by Crippen LogP contribution is 2.36. The first-order chi connectivity index (χ1) is 12.1. The van der Waals surface area contributed by atoms with Gasteiger partial charge in [-0.15, -0.1) is 11.3 Å². The van der Waals surface area contributed by atoms with Gasteiger partial charge in [-0.2, -0.15) is 0 Å². The minimum absolute atomic E-state index is 0.270. The third-order valence-electron chi connectivity index (χ3n) is 4.13. The number of rotatable bonds is 3. The van der Waals surface area contributed by atoms with E-state index >= 15 is 0 Å². The normalized spacial score (nSPS) is 11.2. The molecule has 4 rings (SSSR count). The molecule has 4 aromatic rings. The van der Waals surface area contributed by atoms with Crippen LogP contribution in [0.15, 0.2) is 47.8 Å². The molecule has 0 bridgehead atoms. The average Bonchev–Trinajstić information content (AvgIpc) is 3.12. The second-order valence-corrected chi connectivity index (χ2v) is 7.84. The molecular weight excluding hydrogens is 448 g/mol. The number of para-hydroxylation sites is 1. The Hall–Kier alpha value is -1.93. The molecule has 0 aliphatic heterocycles. The molecule has 0 atom stereocenters. The molecule has 0 spiro atoms. The molecule has 0 amide bonds. The Morgan fingerprint density at radius 1 is 1.12 bits per heavy atom. The van der Waals surface area contributed by atoms with Crippen LogP contribution in [0.5, 0.6) is 0 Å². The van der Waals surface area contributed by atoms with Crippen molar-refractivity contribution in [1.82, 2.24) is 9.38 Å². The van der Waals surface area contributed by atoms with Crippen molar-refractivity contribution in [2.45, 2.75) is 13.8 Å². The first kappa shape index (κ1) is 16.5. The van der Waals surface area contributed by atoms with Gasteiger partial charge in [-0.1, -0.05) is 24.3 Å². The van der Waals surface area contributed by atoms with Crippen molar-refractivity contribution in [1.29, 1.82) is 0 Å². The van der Waals surface area contributed by atoms with E-state index in [1.165, 1.54) is 6.07 Å². The fraction of sp³-hybridized carbons (Fsp3) is 0.105. The van der Waals surface area contributed by atoms with Crippen LogP contribution in [0.4, 0.5) is 15.9 Å². The molecule has 126 valence electrons. The van der Waals surface area contributed by atoms with E-state index < -0.39 is 0 Å². The molecule has 0 saturated carbocycles. The topological polar surface area (TPSA) is 29.3 Å². The van der Waals surface area contributed by atoms with Crippen LogP contribution in [0.2, 0.25) is 0 Å². The number of thiazole rings is 1. The van der Waals surface area contributed by atoms with E-state index in [1.54, 1.807) is 23.5 Å². The Balaban J connectivity index is 1.97. The van der Waals surface area contributed by atoms with Gasteiger partial charge < -0.3 is 5.32 Å². The highest BCUT2D eigenvalue weighted by molar-refractivity contribution is 14.1. The zero-order valence-corrected chi connectivity index (χ0v) is 16.7. The quantitative estimate of drug-likeness (QED) is 0.369. The van der Waals surface area contributed by atoms with E-state index in [0.29, 0.717) is 11.3 Å². The monoisotopic (exact) mass is 463 g/mol. The molecule has 0 aliphatic carbocycles. The molecule has 0 saturated heterocycles. The van der Waals surface area contributed by atoms with E-state index in [9.17, 15) is 4.39 Å². The summed E-state index contributed by atoms with van der Waals surface area (Å²) >= 11 is 3.87. The second kappa shape index (κ2) is 6.42. The number of hydrogen-bond acceptors (Lipinski definition) is 3. The van der Waals surface area contributed by atoms with Crippen LogP contribution in [-0.4, -0.2) is 9.38 Å². The molecule has 2 aromatic carbocycles. The van der Waals surface area contributed by atoms with Gasteiger partial charge in [0.2, 0.25) is 0 Å². The lowest BCUT2D eigenvalue weighted by molar-refractivity contribution is 0.631. The number of halogens is 2. The average molecular weight is 463 g/mol. The van der Waals surface area contributed by atoms with E-state index in [-0.39, 0.29) is 5.82 Å². The summed E-state index contributed by atoms with van der Waals surface area (Å²) in [6, 6.07) is 12.9. The minimum Gasteiger partial charge on any atom is -0.338 e. The molecule has 0 unspecified atom stereocenters. The third-order valence-corrected chi connectivity index (χ3v) is 5.97. The number of aromatic nitrogens is 2. The van der Waals surface area contributed by atoms with Gasteiger partial charge >= 0.3 is 0 Å². The van der Waals surface area contributed by atoms with Crippen molar-refractivity contribution >= 4 is 50.4 Å². The van der Waals surface area contributed by atoms with Crippen molar-refractivity contribution in [2.75, 3.05) is 5.32 Å². The predicted molar refractivity (Wildman–Crippen MR) is 110 cm³/mol. The fourth-order valence-electron chi connectivity index (χ4n) is 2.86. The summed E-state index contributed by atoms with van der Waals surface area (Å²) in [7, 11) is 0. The molecule has 25 heavy (non-hydrogen) atoms. The Morgan fingerprint density at radius 2 is 1.92 bits per heavy atom. The van der Waals surface area contributed by atoms with Gasteiger partial charge in [-0.3, -0.25) is 4.40 Å². The zero-order valence-electron chi connectivity index (χ0n) is 13.7. The largest absolute Gasteiger partial charge is 0.338 e. The molecule has 1 N–H and O–H groups in total. The van der Waals surface area contributed by atoms with Crippen molar-refractivity contribution in [3.05, 3.63) is 68.5 Å². The van der Waals surface area contributed by atoms with Crippen LogP contribution in [0.1, 0.15) is 11.3 Å². The van der Waals surface area contributed by atoms with Gasteiger partial charge in [0.25, 0.3) is 0 Å². The van der Waals surface area contributed by atoms with Gasteiger partial charge in [0, 0.05) is 20.2 Å². The number of fused-ring (bicyclic) bond motifs is 1. The summed E-state index contributed by atoms with van der Waals surface area (Å²) < 4.78 is 17.6. The SMILES string of the molecule is Cc1cccc(I)c1Nc1c(-c2ccccc2F)nc2scc(C)n12. The molecule has 6 heteroatoms. The number of imidazole rings is 1. The van der Waals surface area contributed by atoms with Crippen molar-refractivity contribution in [3.8, 4) is 11.3 Å². The maximum atomic E-state index is 14.4. The Morgan fingerprint density at radius 3 is 2.68 bits per heavy atom. The van der Waals surface area contributed by atoms with Crippen LogP contribution in [0, 0.1) is 23.2 Å². The van der Waals surface area contributed by atoms with E-state index in [2.05, 4.69) is 56.7 Å². The number of anilines is 2. The summed E-state index contributed by atoms with van der Waals surface area (Å²) in [6.45, 7) is 4.09. The van der Waals surface area contributed by atoms with Crippen LogP contribution >= 0.6 is 33.9 Å². The van der Waals surface area contributed by atoms with Gasteiger partial charge in [-0.25, -0.2) is 9.37 Å². The Labute approximate surface area is 162 Å². The molecule has 0 aliphatic rings. The smallest absolute Gasteiger partial charge is 0.196 e. The molecule has 2 heterocycles. The standard InChI is InChI=1S/C19H15FIN3S/c1-11-6-5-9-15(21)16(11)22-18-17(13-7-3-4-8-14(13)20)23-19-24(18)12(2)10-25-19/h3-10,22H,1-2H3. The maximum absolute atomic E-state index is 14.4. The van der Waals surface area contributed by atoms with Gasteiger partial charge in [0.15, 0.2) is 4.96 Å². The van der Waals surface area contributed by atoms with Crippen molar-refractivity contribution in [2.24, 2.45) is 0 Å². The number of nitrogens with one attached hydrogen (secondary N) is 1. The zero-order chi connectivity index (χ0) is 17.6.